The number of aromatic nitrogens is 2. The molecule has 0 spiro atoms. The van der Waals surface area contributed by atoms with Crippen LogP contribution in [0.5, 0.6) is 0 Å². The maximum Gasteiger partial charge on any atom is 0.166 e. The minimum absolute atomic E-state index is 0.474. The fourth-order valence-electron chi connectivity index (χ4n) is 2.91. The summed E-state index contributed by atoms with van der Waals surface area (Å²) in [7, 11) is 4.02. The van der Waals surface area contributed by atoms with Gasteiger partial charge in [-0.1, -0.05) is 6.07 Å². The molecule has 3 rings (SSSR count). The van der Waals surface area contributed by atoms with Gasteiger partial charge in [0, 0.05) is 26.6 Å². The maximum atomic E-state index is 9.28. The van der Waals surface area contributed by atoms with E-state index in [1.807, 2.05) is 26.2 Å². The van der Waals surface area contributed by atoms with E-state index in [4.69, 9.17) is 0 Å². The number of hydrogen-bond acceptors (Lipinski definition) is 4. The van der Waals surface area contributed by atoms with Crippen molar-refractivity contribution in [3.63, 3.8) is 0 Å². The summed E-state index contributed by atoms with van der Waals surface area (Å²) >= 11 is 0. The highest BCUT2D eigenvalue weighted by atomic mass is 15.2. The second kappa shape index (κ2) is 5.14. The van der Waals surface area contributed by atoms with Crippen LogP contribution in [0.2, 0.25) is 0 Å². The Labute approximate surface area is 118 Å². The highest BCUT2D eigenvalue weighted by Gasteiger charge is 2.20. The Morgan fingerprint density at radius 1 is 1.50 bits per heavy atom. The van der Waals surface area contributed by atoms with Crippen molar-refractivity contribution in [1.82, 2.24) is 14.7 Å². The fourth-order valence-corrected chi connectivity index (χ4v) is 2.91. The first-order valence-corrected chi connectivity index (χ1v) is 7.02. The third-order valence-corrected chi connectivity index (χ3v) is 3.87. The number of nitrogens with one attached hydrogen (secondary N) is 1. The third-order valence-electron chi connectivity index (χ3n) is 3.87. The Morgan fingerprint density at radius 3 is 3.00 bits per heavy atom. The molecule has 5 nitrogen and oxygen atoms in total. The van der Waals surface area contributed by atoms with Crippen LogP contribution in [0.25, 0.3) is 5.52 Å². The first kappa shape index (κ1) is 12.9. The van der Waals surface area contributed by atoms with Crippen molar-refractivity contribution in [1.29, 1.82) is 5.26 Å². The molecule has 2 aromatic rings. The van der Waals surface area contributed by atoms with E-state index in [1.165, 1.54) is 12.8 Å². The monoisotopic (exact) mass is 269 g/mol. The number of pyridine rings is 1. The molecule has 1 atom stereocenters. The van der Waals surface area contributed by atoms with Gasteiger partial charge in [0.05, 0.1) is 5.52 Å². The largest absolute Gasteiger partial charge is 0.364 e. The van der Waals surface area contributed by atoms with E-state index >= 15 is 0 Å². The molecule has 104 valence electrons. The summed E-state index contributed by atoms with van der Waals surface area (Å²) in [4.78, 5) is 6.61. The topological polar surface area (TPSA) is 56.4 Å². The molecule has 1 aliphatic rings. The molecule has 0 amide bonds. The second-order valence-corrected chi connectivity index (χ2v) is 5.48. The van der Waals surface area contributed by atoms with E-state index in [9.17, 15) is 5.26 Å². The van der Waals surface area contributed by atoms with Crippen LogP contribution >= 0.6 is 0 Å². The van der Waals surface area contributed by atoms with Gasteiger partial charge in [-0.3, -0.25) is 4.40 Å². The lowest BCUT2D eigenvalue weighted by molar-refractivity contribution is 0.584. The number of rotatable bonds is 3. The Bertz CT molecular complexity index is 659. The van der Waals surface area contributed by atoms with E-state index in [-0.39, 0.29) is 0 Å². The summed E-state index contributed by atoms with van der Waals surface area (Å²) in [5.74, 6) is 2.03. The molecule has 1 fully saturated rings. The Kier molecular flexibility index (Phi) is 3.33. The van der Waals surface area contributed by atoms with Crippen LogP contribution in [0.3, 0.4) is 0 Å². The summed E-state index contributed by atoms with van der Waals surface area (Å²) in [6, 6.07) is 8.68. The van der Waals surface area contributed by atoms with Crippen molar-refractivity contribution in [2.45, 2.75) is 25.3 Å². The second-order valence-electron chi connectivity index (χ2n) is 5.48. The summed E-state index contributed by atoms with van der Waals surface area (Å²) in [5.41, 5.74) is 1.41. The molecule has 0 saturated carbocycles. The molecule has 1 N–H and O–H groups in total. The van der Waals surface area contributed by atoms with Crippen LogP contribution in [0.15, 0.2) is 18.2 Å². The molecule has 3 heterocycles. The Hall–Kier alpha value is -2.06. The molecule has 1 unspecified atom stereocenters. The van der Waals surface area contributed by atoms with Crippen molar-refractivity contribution in [3.8, 4) is 6.07 Å². The van der Waals surface area contributed by atoms with Crippen molar-refractivity contribution in [2.24, 2.45) is 0 Å². The molecule has 0 aromatic carbocycles. The lowest BCUT2D eigenvalue weighted by Gasteiger charge is -2.17. The number of fused-ring (bicyclic) bond motifs is 1. The Morgan fingerprint density at radius 2 is 2.35 bits per heavy atom. The van der Waals surface area contributed by atoms with E-state index in [1.54, 1.807) is 0 Å². The predicted molar refractivity (Wildman–Crippen MR) is 79.0 cm³/mol. The van der Waals surface area contributed by atoms with E-state index < -0.39 is 0 Å². The van der Waals surface area contributed by atoms with Crippen molar-refractivity contribution >= 4 is 11.3 Å². The summed E-state index contributed by atoms with van der Waals surface area (Å²) in [5, 5.41) is 12.8. The molecule has 1 aliphatic heterocycles. The molecule has 0 aliphatic carbocycles. The average molecular weight is 269 g/mol. The SMILES string of the molecule is CN(C)c1cccc2c(C#N)nc(CC3CCCN3)n12. The van der Waals surface area contributed by atoms with Gasteiger partial charge in [-0.2, -0.15) is 5.26 Å². The van der Waals surface area contributed by atoms with Gasteiger partial charge >= 0.3 is 0 Å². The average Bonchev–Trinajstić information content (AvgIpc) is 3.07. The molecule has 20 heavy (non-hydrogen) atoms. The molecule has 0 radical (unpaired) electrons. The number of nitriles is 1. The van der Waals surface area contributed by atoms with Gasteiger partial charge in [0.25, 0.3) is 0 Å². The molecule has 0 bridgehead atoms. The van der Waals surface area contributed by atoms with Crippen LogP contribution in [-0.2, 0) is 6.42 Å². The van der Waals surface area contributed by atoms with Crippen LogP contribution < -0.4 is 10.2 Å². The van der Waals surface area contributed by atoms with E-state index in [0.717, 1.165) is 30.1 Å². The molecular formula is C15H19N5. The van der Waals surface area contributed by atoms with Gasteiger partial charge in [-0.25, -0.2) is 4.98 Å². The van der Waals surface area contributed by atoms with Gasteiger partial charge in [-0.05, 0) is 31.5 Å². The minimum Gasteiger partial charge on any atom is -0.364 e. The number of imidazole rings is 1. The van der Waals surface area contributed by atoms with Crippen molar-refractivity contribution < 1.29 is 0 Å². The molecular weight excluding hydrogens is 250 g/mol. The zero-order valence-corrected chi connectivity index (χ0v) is 11.9. The quantitative estimate of drug-likeness (QED) is 0.919. The zero-order valence-electron chi connectivity index (χ0n) is 11.9. The maximum absolute atomic E-state index is 9.28. The lowest BCUT2D eigenvalue weighted by atomic mass is 10.1. The van der Waals surface area contributed by atoms with Gasteiger partial charge in [0.2, 0.25) is 0 Å². The van der Waals surface area contributed by atoms with Gasteiger partial charge in [0.1, 0.15) is 17.7 Å². The van der Waals surface area contributed by atoms with E-state index in [2.05, 4.69) is 31.7 Å². The van der Waals surface area contributed by atoms with Gasteiger partial charge in [-0.15, -0.1) is 0 Å². The van der Waals surface area contributed by atoms with Crippen molar-refractivity contribution in [3.05, 3.63) is 29.7 Å². The highest BCUT2D eigenvalue weighted by molar-refractivity contribution is 5.63. The summed E-state index contributed by atoms with van der Waals surface area (Å²) < 4.78 is 2.11. The van der Waals surface area contributed by atoms with Crippen molar-refractivity contribution in [2.75, 3.05) is 25.5 Å². The van der Waals surface area contributed by atoms with Crippen LogP contribution in [-0.4, -0.2) is 36.1 Å². The summed E-state index contributed by atoms with van der Waals surface area (Å²) in [6.45, 7) is 1.08. The number of hydrogen-bond donors (Lipinski definition) is 1. The Balaban J connectivity index is 2.12. The van der Waals surface area contributed by atoms with Crippen LogP contribution in [0, 0.1) is 11.3 Å². The van der Waals surface area contributed by atoms with E-state index in [0.29, 0.717) is 11.7 Å². The highest BCUT2D eigenvalue weighted by Crippen LogP contribution is 2.22. The zero-order chi connectivity index (χ0) is 14.1. The third kappa shape index (κ3) is 2.12. The predicted octanol–water partition coefficient (Wildman–Crippen LogP) is 1.57. The molecule has 1 saturated heterocycles. The first-order chi connectivity index (χ1) is 9.70. The molecule has 2 aromatic heterocycles. The normalized spacial score (nSPS) is 18.4. The van der Waals surface area contributed by atoms with Gasteiger partial charge < -0.3 is 10.2 Å². The number of nitrogens with zero attached hydrogens (tertiary/aromatic N) is 4. The fraction of sp³-hybridized carbons (Fsp3) is 0.467. The first-order valence-electron chi connectivity index (χ1n) is 7.02. The standard InChI is InChI=1S/C15H19N5/c1-19(2)15-7-3-6-13-12(10-16)18-14(20(13)15)9-11-5-4-8-17-11/h3,6-7,11,17H,4-5,8-9H2,1-2H3. The molecule has 5 heteroatoms. The lowest BCUT2D eigenvalue weighted by Crippen LogP contribution is -2.25. The van der Waals surface area contributed by atoms with Gasteiger partial charge in [0.15, 0.2) is 5.69 Å². The smallest absolute Gasteiger partial charge is 0.166 e. The number of anilines is 1. The van der Waals surface area contributed by atoms with Crippen LogP contribution in [0.4, 0.5) is 5.82 Å². The summed E-state index contributed by atoms with van der Waals surface area (Å²) in [6.07, 6.45) is 3.27. The minimum atomic E-state index is 0.474. The van der Waals surface area contributed by atoms with Crippen LogP contribution in [0.1, 0.15) is 24.4 Å².